The van der Waals surface area contributed by atoms with Gasteiger partial charge in [-0.1, -0.05) is 89.1 Å². The molecule has 1 aromatic rings. The highest BCUT2D eigenvalue weighted by molar-refractivity contribution is 5.23. The van der Waals surface area contributed by atoms with Crippen molar-refractivity contribution < 1.29 is 4.74 Å². The van der Waals surface area contributed by atoms with E-state index in [0.717, 1.165) is 0 Å². The van der Waals surface area contributed by atoms with Crippen LogP contribution in [0.3, 0.4) is 0 Å². The molecule has 0 spiro atoms. The Balaban J connectivity index is 2.21. The van der Waals surface area contributed by atoms with Gasteiger partial charge in [0, 0.05) is 0 Å². The molecule has 1 aromatic carbocycles. The van der Waals surface area contributed by atoms with Crippen LogP contribution in [0.15, 0.2) is 30.3 Å². The van der Waals surface area contributed by atoms with Crippen molar-refractivity contribution in [2.75, 3.05) is 0 Å². The molecule has 0 aromatic heterocycles. The summed E-state index contributed by atoms with van der Waals surface area (Å²) in [6.45, 7) is 4.58. The maximum atomic E-state index is 6.87. The Bertz CT molecular complexity index is 384. The second kappa shape index (κ2) is 9.35. The van der Waals surface area contributed by atoms with Crippen molar-refractivity contribution in [3.05, 3.63) is 35.9 Å². The Morgan fingerprint density at radius 3 is 2.05 bits per heavy atom. The third-order valence-electron chi connectivity index (χ3n) is 5.11. The first-order valence-corrected chi connectivity index (χ1v) is 9.54. The standard InChI is InChI=1S/C21H34O/c1-3-5-17-21(18-6-4-2,19-13-9-7-10-14-19)22-20-15-11-8-12-16-20/h7,9-10,13-14,20H,3-6,8,11-12,15-18H2,1-2H3. The highest BCUT2D eigenvalue weighted by atomic mass is 16.5. The van der Waals surface area contributed by atoms with Crippen molar-refractivity contribution >= 4 is 0 Å². The van der Waals surface area contributed by atoms with Crippen molar-refractivity contribution in [3.8, 4) is 0 Å². The molecule has 0 bridgehead atoms. The Kier molecular flexibility index (Phi) is 7.45. The van der Waals surface area contributed by atoms with E-state index in [0.29, 0.717) is 6.10 Å². The van der Waals surface area contributed by atoms with E-state index in [-0.39, 0.29) is 5.60 Å². The van der Waals surface area contributed by atoms with Crippen molar-refractivity contribution in [3.63, 3.8) is 0 Å². The first-order chi connectivity index (χ1) is 10.8. The summed E-state index contributed by atoms with van der Waals surface area (Å²) in [5.74, 6) is 0. The molecule has 1 aliphatic carbocycles. The summed E-state index contributed by atoms with van der Waals surface area (Å²) in [5, 5.41) is 0. The molecule has 1 heteroatoms. The molecule has 0 heterocycles. The molecule has 1 nitrogen and oxygen atoms in total. The molecule has 0 N–H and O–H groups in total. The van der Waals surface area contributed by atoms with Crippen LogP contribution < -0.4 is 0 Å². The lowest BCUT2D eigenvalue weighted by Gasteiger charge is -2.39. The summed E-state index contributed by atoms with van der Waals surface area (Å²) >= 11 is 0. The summed E-state index contributed by atoms with van der Waals surface area (Å²) in [4.78, 5) is 0. The van der Waals surface area contributed by atoms with Crippen LogP contribution in [-0.4, -0.2) is 6.10 Å². The number of hydrogen-bond acceptors (Lipinski definition) is 1. The molecule has 0 saturated heterocycles. The summed E-state index contributed by atoms with van der Waals surface area (Å²) in [5.41, 5.74) is 1.36. The van der Waals surface area contributed by atoms with Gasteiger partial charge in [-0.05, 0) is 31.2 Å². The van der Waals surface area contributed by atoms with Gasteiger partial charge in [-0.3, -0.25) is 0 Å². The van der Waals surface area contributed by atoms with Crippen LogP contribution in [0.25, 0.3) is 0 Å². The molecule has 1 saturated carbocycles. The van der Waals surface area contributed by atoms with Gasteiger partial charge in [0.1, 0.15) is 0 Å². The highest BCUT2D eigenvalue weighted by Gasteiger charge is 2.35. The first-order valence-electron chi connectivity index (χ1n) is 9.54. The predicted octanol–water partition coefficient (Wildman–Crippen LogP) is 6.61. The van der Waals surface area contributed by atoms with Crippen molar-refractivity contribution in [1.82, 2.24) is 0 Å². The molecule has 22 heavy (non-hydrogen) atoms. The Hall–Kier alpha value is -0.820. The van der Waals surface area contributed by atoms with Crippen LogP contribution in [0.4, 0.5) is 0 Å². The zero-order chi connectivity index (χ0) is 15.7. The SMILES string of the molecule is CCCCC(CCCC)(OC1CCCCC1)c1ccccc1. The van der Waals surface area contributed by atoms with Gasteiger partial charge in [0.15, 0.2) is 0 Å². The quantitative estimate of drug-likeness (QED) is 0.498. The second-order valence-electron chi connectivity index (χ2n) is 6.95. The fraction of sp³-hybridized carbons (Fsp3) is 0.714. The lowest BCUT2D eigenvalue weighted by molar-refractivity contribution is -0.122. The van der Waals surface area contributed by atoms with Gasteiger partial charge in [0.05, 0.1) is 11.7 Å². The van der Waals surface area contributed by atoms with Crippen molar-refractivity contribution in [2.24, 2.45) is 0 Å². The highest BCUT2D eigenvalue weighted by Crippen LogP contribution is 2.40. The molecule has 0 radical (unpaired) electrons. The molecule has 0 amide bonds. The molecule has 0 atom stereocenters. The predicted molar refractivity (Wildman–Crippen MR) is 95.1 cm³/mol. The average Bonchev–Trinajstić information content (AvgIpc) is 2.59. The molecule has 1 fully saturated rings. The van der Waals surface area contributed by atoms with E-state index in [1.165, 1.54) is 76.2 Å². The molecule has 0 aliphatic heterocycles. The zero-order valence-corrected chi connectivity index (χ0v) is 14.7. The van der Waals surface area contributed by atoms with E-state index in [9.17, 15) is 0 Å². The van der Waals surface area contributed by atoms with Crippen molar-refractivity contribution in [2.45, 2.75) is 96.2 Å². The summed E-state index contributed by atoms with van der Waals surface area (Å²) in [7, 11) is 0. The number of benzene rings is 1. The molecule has 2 rings (SSSR count). The topological polar surface area (TPSA) is 9.23 Å². The first kappa shape index (κ1) is 17.5. The number of hydrogen-bond donors (Lipinski definition) is 0. The third-order valence-corrected chi connectivity index (χ3v) is 5.11. The molecule has 1 aliphatic rings. The second-order valence-corrected chi connectivity index (χ2v) is 6.95. The minimum absolute atomic E-state index is 0.0463. The summed E-state index contributed by atoms with van der Waals surface area (Å²) in [6.07, 6.45) is 14.4. The lowest BCUT2D eigenvalue weighted by atomic mass is 9.83. The maximum absolute atomic E-state index is 6.87. The Morgan fingerprint density at radius 1 is 0.909 bits per heavy atom. The van der Waals surface area contributed by atoms with Crippen LogP contribution in [-0.2, 0) is 10.3 Å². The van der Waals surface area contributed by atoms with E-state index in [1.807, 2.05) is 0 Å². The van der Waals surface area contributed by atoms with E-state index < -0.39 is 0 Å². The third kappa shape index (κ3) is 4.84. The Morgan fingerprint density at radius 2 is 1.50 bits per heavy atom. The normalized spacial score (nSPS) is 16.8. The zero-order valence-electron chi connectivity index (χ0n) is 14.7. The number of unbranched alkanes of at least 4 members (excludes halogenated alkanes) is 2. The van der Waals surface area contributed by atoms with E-state index >= 15 is 0 Å². The fourth-order valence-corrected chi connectivity index (χ4v) is 3.77. The molecular weight excluding hydrogens is 268 g/mol. The molecule has 0 unspecified atom stereocenters. The maximum Gasteiger partial charge on any atom is 0.0935 e. The molecule has 124 valence electrons. The van der Waals surface area contributed by atoms with Gasteiger partial charge in [-0.15, -0.1) is 0 Å². The van der Waals surface area contributed by atoms with Gasteiger partial charge < -0.3 is 4.74 Å². The number of rotatable bonds is 9. The minimum atomic E-state index is -0.0463. The summed E-state index contributed by atoms with van der Waals surface area (Å²) in [6, 6.07) is 11.0. The van der Waals surface area contributed by atoms with Gasteiger partial charge in [0.2, 0.25) is 0 Å². The van der Waals surface area contributed by atoms with E-state index in [2.05, 4.69) is 44.2 Å². The molecular formula is C21H34O. The van der Waals surface area contributed by atoms with E-state index in [4.69, 9.17) is 4.74 Å². The van der Waals surface area contributed by atoms with Gasteiger partial charge >= 0.3 is 0 Å². The van der Waals surface area contributed by atoms with Crippen LogP contribution in [0, 0.1) is 0 Å². The van der Waals surface area contributed by atoms with Gasteiger partial charge in [-0.2, -0.15) is 0 Å². The Labute approximate surface area is 137 Å². The smallest absolute Gasteiger partial charge is 0.0935 e. The fourth-order valence-electron chi connectivity index (χ4n) is 3.77. The van der Waals surface area contributed by atoms with E-state index in [1.54, 1.807) is 0 Å². The largest absolute Gasteiger partial charge is 0.367 e. The monoisotopic (exact) mass is 302 g/mol. The lowest BCUT2D eigenvalue weighted by Crippen LogP contribution is -2.35. The van der Waals surface area contributed by atoms with Crippen LogP contribution in [0.5, 0.6) is 0 Å². The van der Waals surface area contributed by atoms with Crippen molar-refractivity contribution in [1.29, 1.82) is 0 Å². The average molecular weight is 303 g/mol. The summed E-state index contributed by atoms with van der Waals surface area (Å²) < 4.78 is 6.87. The van der Waals surface area contributed by atoms with Crippen LogP contribution >= 0.6 is 0 Å². The minimum Gasteiger partial charge on any atom is -0.367 e. The van der Waals surface area contributed by atoms with Crippen LogP contribution in [0.2, 0.25) is 0 Å². The van der Waals surface area contributed by atoms with Crippen LogP contribution in [0.1, 0.15) is 90.0 Å². The van der Waals surface area contributed by atoms with Gasteiger partial charge in [-0.25, -0.2) is 0 Å². The van der Waals surface area contributed by atoms with Gasteiger partial charge in [0.25, 0.3) is 0 Å². The number of ether oxygens (including phenoxy) is 1.